The Bertz CT molecular complexity index is 263. The van der Waals surface area contributed by atoms with E-state index in [0.29, 0.717) is 5.75 Å². The van der Waals surface area contributed by atoms with E-state index in [1.165, 1.54) is 0 Å². The van der Waals surface area contributed by atoms with E-state index in [0.717, 1.165) is 12.2 Å². The summed E-state index contributed by atoms with van der Waals surface area (Å²) in [5.74, 6) is 1.83. The molecule has 0 saturated carbocycles. The molecule has 0 bridgehead atoms. The van der Waals surface area contributed by atoms with Crippen LogP contribution in [0.1, 0.15) is 27.2 Å². The van der Waals surface area contributed by atoms with Gasteiger partial charge < -0.3 is 5.11 Å². The second-order valence-corrected chi connectivity index (χ2v) is 7.57. The minimum Gasteiger partial charge on any atom is -0.390 e. The first-order valence-corrected chi connectivity index (χ1v) is 7.69. The lowest BCUT2D eigenvalue weighted by molar-refractivity contribution is 0.123. The number of rotatable bonds is 3. The van der Waals surface area contributed by atoms with Gasteiger partial charge in [0.1, 0.15) is 4.08 Å². The van der Waals surface area contributed by atoms with E-state index in [9.17, 15) is 9.32 Å². The monoisotopic (exact) mass is 248 g/mol. The number of thioether (sulfide) groups is 1. The Labute approximate surface area is 99.0 Å². The number of aliphatic hydroxyl groups is 1. The lowest BCUT2D eigenvalue weighted by atomic mass is 10.0. The van der Waals surface area contributed by atoms with Gasteiger partial charge in [-0.2, -0.15) is 0 Å². The van der Waals surface area contributed by atoms with Gasteiger partial charge in [-0.25, -0.2) is 0 Å². The molecule has 15 heavy (non-hydrogen) atoms. The van der Waals surface area contributed by atoms with Gasteiger partial charge in [-0.1, -0.05) is 26.0 Å². The van der Waals surface area contributed by atoms with E-state index in [1.54, 1.807) is 11.8 Å². The Kier molecular flexibility index (Phi) is 4.87. The van der Waals surface area contributed by atoms with Crippen LogP contribution in [0.3, 0.4) is 0 Å². The average Bonchev–Trinajstić information content (AvgIpc) is 2.20. The molecule has 1 rings (SSSR count). The lowest BCUT2D eigenvalue weighted by Crippen LogP contribution is -2.47. The van der Waals surface area contributed by atoms with Crippen LogP contribution in [0.2, 0.25) is 0 Å². The summed E-state index contributed by atoms with van der Waals surface area (Å²) < 4.78 is 11.6. The van der Waals surface area contributed by atoms with Crippen LogP contribution in [0.5, 0.6) is 0 Å². The van der Waals surface area contributed by atoms with Crippen LogP contribution in [-0.2, 0) is 10.8 Å². The zero-order valence-electron chi connectivity index (χ0n) is 9.60. The first kappa shape index (κ1) is 13.3. The van der Waals surface area contributed by atoms with Gasteiger partial charge in [0.05, 0.1) is 6.10 Å². The fraction of sp³-hybridized carbons (Fsp3) is 0.818. The van der Waals surface area contributed by atoms with E-state index < -0.39 is 21.0 Å². The number of allylic oxidation sites excluding steroid dienone is 1. The fourth-order valence-corrected chi connectivity index (χ4v) is 5.83. The zero-order chi connectivity index (χ0) is 11.5. The summed E-state index contributed by atoms with van der Waals surface area (Å²) in [5, 5.41) is 10.2. The number of hydrogen-bond donors (Lipinski definition) is 1. The van der Waals surface area contributed by atoms with Crippen molar-refractivity contribution in [3.63, 3.8) is 0 Å². The highest BCUT2D eigenvalue weighted by molar-refractivity contribution is 8.13. The Morgan fingerprint density at radius 2 is 2.20 bits per heavy atom. The maximum atomic E-state index is 12.1. The van der Waals surface area contributed by atoms with Gasteiger partial charge in [-0.05, 0) is 25.0 Å². The molecule has 1 heterocycles. The van der Waals surface area contributed by atoms with Crippen LogP contribution in [0.25, 0.3) is 0 Å². The first-order valence-electron chi connectivity index (χ1n) is 5.39. The van der Waals surface area contributed by atoms with E-state index in [1.807, 2.05) is 32.9 Å². The summed E-state index contributed by atoms with van der Waals surface area (Å²) in [6.07, 6.45) is 4.29. The molecule has 0 aromatic heterocycles. The smallest absolute Gasteiger partial charge is 0.135 e. The molecule has 0 spiro atoms. The van der Waals surface area contributed by atoms with E-state index >= 15 is 0 Å². The quantitative estimate of drug-likeness (QED) is 0.778. The van der Waals surface area contributed by atoms with Gasteiger partial charge in [0.2, 0.25) is 0 Å². The molecule has 3 atom stereocenters. The summed E-state index contributed by atoms with van der Waals surface area (Å²) in [6.45, 7) is 5.87. The Balaban J connectivity index is 3.00. The van der Waals surface area contributed by atoms with Crippen molar-refractivity contribution in [3.05, 3.63) is 12.2 Å². The molecule has 0 aromatic carbocycles. The molecular formula is C11H20O2S2. The number of aliphatic hydroxyl groups excluding tert-OH is 1. The second kappa shape index (κ2) is 5.51. The first-order chi connectivity index (χ1) is 7.04. The molecule has 4 heteroatoms. The molecular weight excluding hydrogens is 228 g/mol. The summed E-state index contributed by atoms with van der Waals surface area (Å²) in [6, 6.07) is 0. The Morgan fingerprint density at radius 1 is 1.53 bits per heavy atom. The van der Waals surface area contributed by atoms with Crippen LogP contribution >= 0.6 is 11.8 Å². The van der Waals surface area contributed by atoms with Crippen molar-refractivity contribution in [1.82, 2.24) is 0 Å². The Hall–Kier alpha value is 0.200. The largest absolute Gasteiger partial charge is 0.390 e. The van der Waals surface area contributed by atoms with Crippen molar-refractivity contribution >= 4 is 22.6 Å². The van der Waals surface area contributed by atoms with Gasteiger partial charge >= 0.3 is 0 Å². The minimum atomic E-state index is -0.961. The molecule has 1 fully saturated rings. The average molecular weight is 248 g/mol. The highest BCUT2D eigenvalue weighted by Gasteiger charge is 2.44. The van der Waals surface area contributed by atoms with Crippen LogP contribution in [0.15, 0.2) is 12.2 Å². The van der Waals surface area contributed by atoms with Gasteiger partial charge in [-0.15, -0.1) is 11.8 Å². The molecule has 1 N–H and O–H groups in total. The number of hydrogen-bond acceptors (Lipinski definition) is 3. The normalized spacial score (nSPS) is 34.9. The minimum absolute atomic E-state index is 0.135. The van der Waals surface area contributed by atoms with Crippen molar-refractivity contribution in [1.29, 1.82) is 0 Å². The van der Waals surface area contributed by atoms with Gasteiger partial charge in [0.15, 0.2) is 0 Å². The zero-order valence-corrected chi connectivity index (χ0v) is 11.2. The van der Waals surface area contributed by atoms with Crippen LogP contribution < -0.4 is 0 Å². The van der Waals surface area contributed by atoms with Crippen molar-refractivity contribution in [3.8, 4) is 0 Å². The molecule has 1 saturated heterocycles. The molecule has 1 unspecified atom stereocenters. The fourth-order valence-electron chi connectivity index (χ4n) is 1.79. The van der Waals surface area contributed by atoms with E-state index in [2.05, 4.69) is 0 Å². The van der Waals surface area contributed by atoms with Crippen LogP contribution in [-0.4, -0.2) is 31.0 Å². The van der Waals surface area contributed by atoms with Crippen molar-refractivity contribution in [2.45, 2.75) is 37.4 Å². The molecule has 0 amide bonds. The Morgan fingerprint density at radius 3 is 2.67 bits per heavy atom. The predicted octanol–water partition coefficient (Wildman–Crippen LogP) is 2.16. The molecule has 2 nitrogen and oxygen atoms in total. The maximum absolute atomic E-state index is 12.1. The van der Waals surface area contributed by atoms with E-state index in [4.69, 9.17) is 0 Å². The van der Waals surface area contributed by atoms with Crippen LogP contribution in [0, 0.1) is 5.92 Å². The maximum Gasteiger partial charge on any atom is 0.135 e. The summed E-state index contributed by atoms with van der Waals surface area (Å²) in [5.41, 5.74) is 0. The molecule has 1 aliphatic heterocycles. The summed E-state index contributed by atoms with van der Waals surface area (Å²) in [7, 11) is -0.961. The lowest BCUT2D eigenvalue weighted by Gasteiger charge is -2.38. The van der Waals surface area contributed by atoms with Gasteiger partial charge in [0, 0.05) is 16.6 Å². The highest BCUT2D eigenvalue weighted by Crippen LogP contribution is 2.41. The van der Waals surface area contributed by atoms with Crippen molar-refractivity contribution in [2.75, 3.05) is 11.5 Å². The third-order valence-electron chi connectivity index (χ3n) is 2.60. The third-order valence-corrected chi connectivity index (χ3v) is 6.58. The molecule has 0 aromatic rings. The van der Waals surface area contributed by atoms with Gasteiger partial charge in [-0.3, -0.25) is 4.21 Å². The molecule has 88 valence electrons. The molecule has 1 aliphatic rings. The predicted molar refractivity (Wildman–Crippen MR) is 68.5 cm³/mol. The second-order valence-electron chi connectivity index (χ2n) is 4.16. The van der Waals surface area contributed by atoms with Crippen LogP contribution in [0.4, 0.5) is 0 Å². The molecule has 0 aliphatic carbocycles. The van der Waals surface area contributed by atoms with Gasteiger partial charge in [0.25, 0.3) is 0 Å². The standard InChI is InChI=1S/C11H20O2S2/c1-4-6-11(10(12)9(2)3)14-7-5-8-15(11)13/h4,6,9-10,12H,5,7-8H2,1-3H3/b6-4+/t10-,11+,15?/m0/s1. The third kappa shape index (κ3) is 2.66. The summed E-state index contributed by atoms with van der Waals surface area (Å²) in [4.78, 5) is 0. The molecule has 0 radical (unpaired) electrons. The summed E-state index contributed by atoms with van der Waals surface area (Å²) >= 11 is 1.64. The highest BCUT2D eigenvalue weighted by atomic mass is 32.2. The van der Waals surface area contributed by atoms with E-state index in [-0.39, 0.29) is 5.92 Å². The van der Waals surface area contributed by atoms with Crippen molar-refractivity contribution < 1.29 is 9.32 Å². The SMILES string of the molecule is C/C=C/[C@@]1([C@@H](O)C(C)C)SCCCS1=O. The topological polar surface area (TPSA) is 37.3 Å². The van der Waals surface area contributed by atoms with Crippen molar-refractivity contribution in [2.24, 2.45) is 5.92 Å².